The highest BCUT2D eigenvalue weighted by Gasteiger charge is 2.20. The van der Waals surface area contributed by atoms with Crippen LogP contribution in [-0.2, 0) is 0 Å². The lowest BCUT2D eigenvalue weighted by molar-refractivity contribution is 0.0664. The molecule has 1 saturated heterocycles. The van der Waals surface area contributed by atoms with Crippen molar-refractivity contribution in [3.63, 3.8) is 0 Å². The van der Waals surface area contributed by atoms with E-state index >= 15 is 0 Å². The number of nitrogens with one attached hydrogen (secondary N) is 1. The number of carbonyl (C=O) groups is 1. The highest BCUT2D eigenvalue weighted by Crippen LogP contribution is 2.28. The van der Waals surface area contributed by atoms with Gasteiger partial charge in [-0.1, -0.05) is 36.4 Å². The Labute approximate surface area is 198 Å². The molecule has 1 aliphatic heterocycles. The standard InChI is InChI=1S/C27H24N6O/c1-32-12-14-33(15-13-32)26(34)21-4-2-6-23(16-21)30-27-29-18-22-5-3-7-24(25(22)31-27)20-10-8-19(17-28)9-11-20/h2-11,16,18H,12-15H2,1H3,(H,29,30,31). The highest BCUT2D eigenvalue weighted by atomic mass is 16.2. The number of para-hydroxylation sites is 1. The van der Waals surface area contributed by atoms with Crippen LogP contribution in [0, 0.1) is 11.3 Å². The number of piperazine rings is 1. The minimum Gasteiger partial charge on any atom is -0.336 e. The molecule has 1 N–H and O–H groups in total. The normalized spacial score (nSPS) is 14.1. The second-order valence-corrected chi connectivity index (χ2v) is 8.43. The van der Waals surface area contributed by atoms with E-state index in [2.05, 4.69) is 28.3 Å². The Kier molecular flexibility index (Phi) is 5.90. The molecule has 1 aliphatic rings. The van der Waals surface area contributed by atoms with Crippen molar-refractivity contribution in [2.45, 2.75) is 0 Å². The third-order valence-corrected chi connectivity index (χ3v) is 6.09. The van der Waals surface area contributed by atoms with Crippen LogP contribution in [0.25, 0.3) is 22.0 Å². The summed E-state index contributed by atoms with van der Waals surface area (Å²) in [5.74, 6) is 0.497. The summed E-state index contributed by atoms with van der Waals surface area (Å²) in [5, 5.41) is 13.3. The number of rotatable bonds is 4. The second kappa shape index (κ2) is 9.30. The molecule has 1 amide bonds. The molecule has 0 unspecified atom stereocenters. The fourth-order valence-corrected chi connectivity index (χ4v) is 4.12. The summed E-state index contributed by atoms with van der Waals surface area (Å²) in [5.41, 5.74) is 4.78. The van der Waals surface area contributed by atoms with Gasteiger partial charge < -0.3 is 15.1 Å². The van der Waals surface area contributed by atoms with Crippen LogP contribution >= 0.6 is 0 Å². The first-order valence-corrected chi connectivity index (χ1v) is 11.2. The maximum Gasteiger partial charge on any atom is 0.254 e. The van der Waals surface area contributed by atoms with Crippen LogP contribution in [0.5, 0.6) is 0 Å². The SMILES string of the molecule is CN1CCN(C(=O)c2cccc(Nc3ncc4cccc(-c5ccc(C#N)cc5)c4n3)c2)CC1. The lowest BCUT2D eigenvalue weighted by Crippen LogP contribution is -2.47. The predicted octanol–water partition coefficient (Wildman–Crippen LogP) is 4.30. The van der Waals surface area contributed by atoms with Crippen molar-refractivity contribution in [1.29, 1.82) is 5.26 Å². The molecule has 5 rings (SSSR count). The molecule has 0 saturated carbocycles. The molecule has 0 atom stereocenters. The monoisotopic (exact) mass is 448 g/mol. The average Bonchev–Trinajstić information content (AvgIpc) is 2.88. The Morgan fingerprint density at radius 2 is 1.76 bits per heavy atom. The quantitative estimate of drug-likeness (QED) is 0.501. The molecule has 4 aromatic rings. The van der Waals surface area contributed by atoms with E-state index in [1.54, 1.807) is 18.3 Å². The molecule has 34 heavy (non-hydrogen) atoms. The molecule has 7 nitrogen and oxygen atoms in total. The zero-order valence-corrected chi connectivity index (χ0v) is 18.9. The van der Waals surface area contributed by atoms with Crippen molar-refractivity contribution in [2.24, 2.45) is 0 Å². The van der Waals surface area contributed by atoms with E-state index in [-0.39, 0.29) is 5.91 Å². The number of aromatic nitrogens is 2. The van der Waals surface area contributed by atoms with Crippen molar-refractivity contribution in [3.8, 4) is 17.2 Å². The van der Waals surface area contributed by atoms with Gasteiger partial charge in [-0.05, 0) is 42.9 Å². The number of likely N-dealkylation sites (N-methyl/N-ethyl adjacent to an activating group) is 1. The zero-order chi connectivity index (χ0) is 23.5. The number of nitriles is 1. The van der Waals surface area contributed by atoms with Gasteiger partial charge >= 0.3 is 0 Å². The number of anilines is 2. The summed E-state index contributed by atoms with van der Waals surface area (Å²) < 4.78 is 0. The van der Waals surface area contributed by atoms with Gasteiger partial charge in [0.2, 0.25) is 5.95 Å². The summed E-state index contributed by atoms with van der Waals surface area (Å²) in [6, 6.07) is 23.0. The van der Waals surface area contributed by atoms with Gasteiger partial charge in [0.05, 0.1) is 17.1 Å². The number of nitrogens with zero attached hydrogens (tertiary/aromatic N) is 5. The van der Waals surface area contributed by atoms with Crippen LogP contribution in [0.4, 0.5) is 11.6 Å². The first kappa shape index (κ1) is 21.6. The molecular formula is C27H24N6O. The van der Waals surface area contributed by atoms with Gasteiger partial charge in [-0.3, -0.25) is 4.79 Å². The van der Waals surface area contributed by atoms with Crippen molar-refractivity contribution in [3.05, 3.63) is 84.1 Å². The highest BCUT2D eigenvalue weighted by molar-refractivity contribution is 5.96. The first-order chi connectivity index (χ1) is 16.6. The lowest BCUT2D eigenvalue weighted by Gasteiger charge is -2.32. The number of benzene rings is 3. The minimum absolute atomic E-state index is 0.0410. The zero-order valence-electron chi connectivity index (χ0n) is 18.9. The van der Waals surface area contributed by atoms with Crippen LogP contribution < -0.4 is 5.32 Å². The molecule has 1 fully saturated rings. The van der Waals surface area contributed by atoms with Gasteiger partial charge in [-0.15, -0.1) is 0 Å². The third-order valence-electron chi connectivity index (χ3n) is 6.09. The number of amides is 1. The van der Waals surface area contributed by atoms with Crippen LogP contribution in [-0.4, -0.2) is 58.9 Å². The van der Waals surface area contributed by atoms with Gasteiger partial charge in [-0.25, -0.2) is 9.97 Å². The first-order valence-electron chi connectivity index (χ1n) is 11.2. The summed E-state index contributed by atoms with van der Waals surface area (Å²) in [7, 11) is 2.07. The summed E-state index contributed by atoms with van der Waals surface area (Å²) in [4.78, 5) is 26.3. The smallest absolute Gasteiger partial charge is 0.254 e. The molecule has 168 valence electrons. The van der Waals surface area contributed by atoms with E-state index in [0.29, 0.717) is 17.1 Å². The van der Waals surface area contributed by atoms with Crippen molar-refractivity contribution in [2.75, 3.05) is 38.5 Å². The van der Waals surface area contributed by atoms with Crippen LogP contribution in [0.1, 0.15) is 15.9 Å². The summed E-state index contributed by atoms with van der Waals surface area (Å²) in [6.07, 6.45) is 1.79. The summed E-state index contributed by atoms with van der Waals surface area (Å²) in [6.45, 7) is 3.24. The molecule has 3 aromatic carbocycles. The molecule has 7 heteroatoms. The molecule has 0 spiro atoms. The molecule has 0 radical (unpaired) electrons. The van der Waals surface area contributed by atoms with Gasteiger partial charge in [0.25, 0.3) is 5.91 Å². The predicted molar refractivity (Wildman–Crippen MR) is 133 cm³/mol. The summed E-state index contributed by atoms with van der Waals surface area (Å²) >= 11 is 0. The minimum atomic E-state index is 0.0410. The van der Waals surface area contributed by atoms with Crippen LogP contribution in [0.15, 0.2) is 72.9 Å². The fraction of sp³-hybridized carbons (Fsp3) is 0.185. The van der Waals surface area contributed by atoms with Crippen molar-refractivity contribution < 1.29 is 4.79 Å². The molecule has 0 aliphatic carbocycles. The Hall–Kier alpha value is -4.28. The lowest BCUT2D eigenvalue weighted by atomic mass is 10.0. The Morgan fingerprint density at radius 3 is 2.53 bits per heavy atom. The molecule has 2 heterocycles. The van der Waals surface area contributed by atoms with E-state index in [4.69, 9.17) is 10.2 Å². The van der Waals surface area contributed by atoms with E-state index in [0.717, 1.165) is 53.9 Å². The van der Waals surface area contributed by atoms with E-state index < -0.39 is 0 Å². The van der Waals surface area contributed by atoms with Crippen LogP contribution in [0.3, 0.4) is 0 Å². The molecule has 1 aromatic heterocycles. The van der Waals surface area contributed by atoms with Gasteiger partial charge in [0.15, 0.2) is 0 Å². The second-order valence-electron chi connectivity index (χ2n) is 8.43. The molecule has 0 bridgehead atoms. The van der Waals surface area contributed by atoms with Gasteiger partial charge in [0, 0.05) is 54.6 Å². The van der Waals surface area contributed by atoms with Crippen molar-refractivity contribution >= 4 is 28.4 Å². The Balaban J connectivity index is 1.41. The number of hydrogen-bond donors (Lipinski definition) is 1. The van der Waals surface area contributed by atoms with Crippen molar-refractivity contribution in [1.82, 2.24) is 19.8 Å². The number of hydrogen-bond acceptors (Lipinski definition) is 6. The van der Waals surface area contributed by atoms with E-state index in [9.17, 15) is 4.79 Å². The van der Waals surface area contributed by atoms with E-state index in [1.165, 1.54) is 0 Å². The molecular weight excluding hydrogens is 424 g/mol. The third kappa shape index (κ3) is 4.45. The topological polar surface area (TPSA) is 85.1 Å². The largest absolute Gasteiger partial charge is 0.336 e. The Bertz CT molecular complexity index is 1380. The maximum absolute atomic E-state index is 13.0. The van der Waals surface area contributed by atoms with Gasteiger partial charge in [0.1, 0.15) is 0 Å². The maximum atomic E-state index is 13.0. The van der Waals surface area contributed by atoms with Crippen LogP contribution in [0.2, 0.25) is 0 Å². The van der Waals surface area contributed by atoms with E-state index in [1.807, 2.05) is 59.5 Å². The van der Waals surface area contributed by atoms with Gasteiger partial charge in [-0.2, -0.15) is 5.26 Å². The number of fused-ring (bicyclic) bond motifs is 1. The number of carbonyl (C=O) groups excluding carboxylic acids is 1. The Morgan fingerprint density at radius 1 is 1.00 bits per heavy atom. The fourth-order valence-electron chi connectivity index (χ4n) is 4.12. The average molecular weight is 449 g/mol.